The number of ether oxygens (including phenoxy) is 1. The van der Waals surface area contributed by atoms with E-state index >= 15 is 0 Å². The first-order valence-corrected chi connectivity index (χ1v) is 6.22. The average molecular weight is 258 g/mol. The summed E-state index contributed by atoms with van der Waals surface area (Å²) >= 11 is 1.34. The molecule has 0 bridgehead atoms. The third-order valence-corrected chi connectivity index (χ3v) is 3.24. The Morgan fingerprint density at radius 1 is 1.17 bits per heavy atom. The van der Waals surface area contributed by atoms with Crippen LogP contribution in [0.25, 0.3) is 10.9 Å². The molecule has 1 aromatic carbocycles. The molecule has 2 N–H and O–H groups in total. The fourth-order valence-corrected chi connectivity index (χ4v) is 2.19. The van der Waals surface area contributed by atoms with Gasteiger partial charge in [0, 0.05) is 18.1 Å². The number of para-hydroxylation sites is 1. The van der Waals surface area contributed by atoms with Gasteiger partial charge in [-0.1, -0.05) is 34.6 Å². The quantitative estimate of drug-likeness (QED) is 0.780. The van der Waals surface area contributed by atoms with Crippen molar-refractivity contribution in [3.8, 4) is 10.9 Å². The van der Waals surface area contributed by atoms with Crippen molar-refractivity contribution in [2.24, 2.45) is 5.73 Å². The van der Waals surface area contributed by atoms with Gasteiger partial charge in [-0.15, -0.1) is 5.10 Å². The number of fused-ring (bicyclic) bond motifs is 1. The Bertz CT molecular complexity index is 677. The molecule has 3 aromatic rings. The molecule has 0 aliphatic heterocycles. The van der Waals surface area contributed by atoms with Gasteiger partial charge in [0.2, 0.25) is 0 Å². The molecule has 18 heavy (non-hydrogen) atoms. The molecule has 3 rings (SSSR count). The van der Waals surface area contributed by atoms with Gasteiger partial charge in [0.25, 0.3) is 5.19 Å². The van der Waals surface area contributed by atoms with Crippen LogP contribution in [0.5, 0.6) is 10.9 Å². The first-order chi connectivity index (χ1) is 8.86. The molecule has 5 nitrogen and oxygen atoms in total. The number of hydrogen-bond acceptors (Lipinski definition) is 6. The van der Waals surface area contributed by atoms with Gasteiger partial charge >= 0.3 is 0 Å². The number of nitrogens with zero attached hydrogens (tertiary/aromatic N) is 3. The van der Waals surface area contributed by atoms with Crippen molar-refractivity contribution < 1.29 is 4.74 Å². The SMILES string of the molecule is NCc1nnc(Oc2cccc3cccnc23)s1. The molecule has 2 aromatic heterocycles. The van der Waals surface area contributed by atoms with Crippen LogP contribution in [0, 0.1) is 0 Å². The van der Waals surface area contributed by atoms with Gasteiger partial charge in [0.15, 0.2) is 5.75 Å². The summed E-state index contributed by atoms with van der Waals surface area (Å²) in [5.74, 6) is 0.674. The standard InChI is InChI=1S/C12H10N4OS/c13-7-10-15-16-12(18-10)17-9-5-1-3-8-4-2-6-14-11(8)9/h1-6H,7,13H2. The average Bonchev–Trinajstić information content (AvgIpc) is 2.87. The molecule has 0 aliphatic rings. The highest BCUT2D eigenvalue weighted by Crippen LogP contribution is 2.29. The van der Waals surface area contributed by atoms with Crippen molar-refractivity contribution in [2.45, 2.75) is 6.54 Å². The number of rotatable bonds is 3. The Morgan fingerprint density at radius 3 is 2.89 bits per heavy atom. The summed E-state index contributed by atoms with van der Waals surface area (Å²) in [4.78, 5) is 4.31. The number of hydrogen-bond donors (Lipinski definition) is 1. The van der Waals surface area contributed by atoms with Gasteiger partial charge in [0.05, 0.1) is 0 Å². The minimum atomic E-state index is 0.370. The van der Waals surface area contributed by atoms with Crippen molar-refractivity contribution in [1.29, 1.82) is 0 Å². The molecule has 0 unspecified atom stereocenters. The zero-order chi connectivity index (χ0) is 12.4. The molecule has 6 heteroatoms. The Hall–Kier alpha value is -2.05. The number of nitrogens with two attached hydrogens (primary N) is 1. The van der Waals surface area contributed by atoms with E-state index in [0.29, 0.717) is 17.5 Å². The lowest BCUT2D eigenvalue weighted by Gasteiger charge is -2.04. The lowest BCUT2D eigenvalue weighted by Crippen LogP contribution is -1.94. The first-order valence-electron chi connectivity index (χ1n) is 5.41. The van der Waals surface area contributed by atoms with E-state index in [4.69, 9.17) is 10.5 Å². The van der Waals surface area contributed by atoms with E-state index in [1.165, 1.54) is 11.3 Å². The van der Waals surface area contributed by atoms with Crippen LogP contribution in [0.1, 0.15) is 5.01 Å². The van der Waals surface area contributed by atoms with Crippen LogP contribution in [0.2, 0.25) is 0 Å². The zero-order valence-corrected chi connectivity index (χ0v) is 10.2. The van der Waals surface area contributed by atoms with E-state index in [1.807, 2.05) is 30.3 Å². The van der Waals surface area contributed by atoms with Crippen LogP contribution in [0.3, 0.4) is 0 Å². The van der Waals surface area contributed by atoms with Gasteiger partial charge < -0.3 is 10.5 Å². The van der Waals surface area contributed by atoms with Gasteiger partial charge in [-0.25, -0.2) is 0 Å². The normalized spacial score (nSPS) is 10.7. The topological polar surface area (TPSA) is 73.9 Å². The summed E-state index contributed by atoms with van der Waals surface area (Å²) in [5, 5.41) is 10.1. The fourth-order valence-electron chi connectivity index (χ4n) is 1.61. The summed E-state index contributed by atoms with van der Waals surface area (Å²) in [6.07, 6.45) is 1.74. The monoisotopic (exact) mass is 258 g/mol. The maximum atomic E-state index is 5.70. The van der Waals surface area contributed by atoms with E-state index in [2.05, 4.69) is 15.2 Å². The van der Waals surface area contributed by atoms with E-state index in [9.17, 15) is 0 Å². The predicted molar refractivity (Wildman–Crippen MR) is 69.6 cm³/mol. The Kier molecular flexibility index (Phi) is 2.87. The van der Waals surface area contributed by atoms with E-state index < -0.39 is 0 Å². The highest BCUT2D eigenvalue weighted by molar-refractivity contribution is 7.13. The molecule has 90 valence electrons. The molecule has 2 heterocycles. The molecular weight excluding hydrogens is 248 g/mol. The van der Waals surface area contributed by atoms with Crippen LogP contribution in [0.4, 0.5) is 0 Å². The molecule has 0 saturated carbocycles. The summed E-state index contributed by atoms with van der Waals surface area (Å²) in [5.41, 5.74) is 6.30. The third kappa shape index (κ3) is 2.03. The second-order valence-corrected chi connectivity index (χ2v) is 4.62. The molecule has 0 atom stereocenters. The van der Waals surface area contributed by atoms with Crippen LogP contribution in [-0.4, -0.2) is 15.2 Å². The molecule has 0 saturated heterocycles. The van der Waals surface area contributed by atoms with Gasteiger partial charge in [-0.05, 0) is 12.1 Å². The molecule has 0 radical (unpaired) electrons. The van der Waals surface area contributed by atoms with Crippen molar-refractivity contribution in [3.63, 3.8) is 0 Å². The smallest absolute Gasteiger partial charge is 0.299 e. The Balaban J connectivity index is 1.99. The highest BCUT2D eigenvalue weighted by atomic mass is 32.1. The van der Waals surface area contributed by atoms with Gasteiger partial charge in [0.1, 0.15) is 10.5 Å². The van der Waals surface area contributed by atoms with E-state index in [0.717, 1.165) is 15.9 Å². The fraction of sp³-hybridized carbons (Fsp3) is 0.0833. The van der Waals surface area contributed by atoms with Crippen LogP contribution in [-0.2, 0) is 6.54 Å². The maximum absolute atomic E-state index is 5.70. The molecular formula is C12H10N4OS. The second kappa shape index (κ2) is 4.67. The molecule has 0 aliphatic carbocycles. The lowest BCUT2D eigenvalue weighted by atomic mass is 10.2. The van der Waals surface area contributed by atoms with Crippen molar-refractivity contribution in [1.82, 2.24) is 15.2 Å². The van der Waals surface area contributed by atoms with Crippen LogP contribution in [0.15, 0.2) is 36.5 Å². The summed E-state index contributed by atoms with van der Waals surface area (Å²) in [7, 11) is 0. The van der Waals surface area contributed by atoms with E-state index in [1.54, 1.807) is 6.20 Å². The Morgan fingerprint density at radius 2 is 2.06 bits per heavy atom. The summed E-state index contributed by atoms with van der Waals surface area (Å²) < 4.78 is 5.70. The third-order valence-electron chi connectivity index (χ3n) is 2.42. The van der Waals surface area contributed by atoms with E-state index in [-0.39, 0.29) is 0 Å². The maximum Gasteiger partial charge on any atom is 0.299 e. The van der Waals surface area contributed by atoms with Crippen LogP contribution < -0.4 is 10.5 Å². The zero-order valence-electron chi connectivity index (χ0n) is 9.41. The second-order valence-electron chi connectivity index (χ2n) is 3.60. The summed E-state index contributed by atoms with van der Waals surface area (Å²) in [6, 6.07) is 9.65. The highest BCUT2D eigenvalue weighted by Gasteiger charge is 2.08. The first kappa shape index (κ1) is 11.1. The molecule has 0 spiro atoms. The number of aromatic nitrogens is 3. The number of benzene rings is 1. The molecule has 0 amide bonds. The predicted octanol–water partition coefficient (Wildman–Crippen LogP) is 2.34. The summed E-state index contributed by atoms with van der Waals surface area (Å²) in [6.45, 7) is 0.370. The van der Waals surface area contributed by atoms with Crippen LogP contribution >= 0.6 is 11.3 Å². The van der Waals surface area contributed by atoms with Crippen molar-refractivity contribution in [2.75, 3.05) is 0 Å². The van der Waals surface area contributed by atoms with Crippen molar-refractivity contribution >= 4 is 22.2 Å². The minimum Gasteiger partial charge on any atom is -0.427 e. The van der Waals surface area contributed by atoms with Gasteiger partial charge in [-0.2, -0.15) is 0 Å². The number of pyridine rings is 1. The lowest BCUT2D eigenvalue weighted by molar-refractivity contribution is 0.477. The Labute approximate surface area is 107 Å². The van der Waals surface area contributed by atoms with Gasteiger partial charge in [-0.3, -0.25) is 4.98 Å². The minimum absolute atomic E-state index is 0.370. The largest absolute Gasteiger partial charge is 0.427 e. The van der Waals surface area contributed by atoms with Crippen molar-refractivity contribution in [3.05, 3.63) is 41.5 Å². The molecule has 0 fully saturated rings.